The number of imidazole rings is 1. The zero-order valence-electron chi connectivity index (χ0n) is 11.2. The maximum atomic E-state index is 13.9. The van der Waals surface area contributed by atoms with Crippen molar-refractivity contribution in [1.29, 1.82) is 0 Å². The number of thiophene rings is 1. The summed E-state index contributed by atoms with van der Waals surface area (Å²) in [5, 5.41) is 2.07. The molecule has 0 atom stereocenters. The number of aromatic nitrogens is 2. The maximum Gasteiger partial charge on any atom is 0.138 e. The molecular formula is C15H13ClFIN2S. The Morgan fingerprint density at radius 2 is 2.19 bits per heavy atom. The summed E-state index contributed by atoms with van der Waals surface area (Å²) in [6.45, 7) is 0.795. The van der Waals surface area contributed by atoms with Gasteiger partial charge in [0, 0.05) is 29.8 Å². The van der Waals surface area contributed by atoms with E-state index in [2.05, 4.69) is 21.0 Å². The van der Waals surface area contributed by atoms with Gasteiger partial charge in [-0.05, 0) is 46.5 Å². The second-order valence-corrected chi connectivity index (χ2v) is 7.28. The minimum absolute atomic E-state index is 0.196. The molecule has 0 saturated carbocycles. The number of alkyl halides is 1. The van der Waals surface area contributed by atoms with E-state index in [1.54, 1.807) is 23.5 Å². The molecule has 2 heterocycles. The Bertz CT molecular complexity index is 755. The van der Waals surface area contributed by atoms with Crippen molar-refractivity contribution in [2.24, 2.45) is 0 Å². The molecule has 0 aliphatic rings. The monoisotopic (exact) mass is 434 g/mol. The quantitative estimate of drug-likeness (QED) is 0.414. The first-order valence-corrected chi connectivity index (χ1v) is 9.11. The highest BCUT2D eigenvalue weighted by Crippen LogP contribution is 2.23. The Hall–Kier alpha value is -0.660. The highest BCUT2D eigenvalue weighted by Gasteiger charge is 2.13. The normalized spacial score (nSPS) is 11.4. The molecule has 0 saturated heterocycles. The Morgan fingerprint density at radius 1 is 1.33 bits per heavy atom. The third-order valence-corrected chi connectivity index (χ3v) is 5.30. The van der Waals surface area contributed by atoms with Gasteiger partial charge in [0.2, 0.25) is 0 Å². The first kappa shape index (κ1) is 15.2. The number of nitrogens with zero attached hydrogens (tertiary/aromatic N) is 2. The van der Waals surface area contributed by atoms with Gasteiger partial charge in [-0.1, -0.05) is 6.07 Å². The van der Waals surface area contributed by atoms with Crippen LogP contribution in [0, 0.1) is 9.39 Å². The van der Waals surface area contributed by atoms with Gasteiger partial charge in [0.15, 0.2) is 0 Å². The van der Waals surface area contributed by atoms with E-state index in [0.717, 1.165) is 29.8 Å². The van der Waals surface area contributed by atoms with Gasteiger partial charge in [-0.3, -0.25) is 0 Å². The van der Waals surface area contributed by atoms with Crippen LogP contribution in [0.25, 0.3) is 11.0 Å². The van der Waals surface area contributed by atoms with E-state index in [1.807, 2.05) is 28.7 Å². The van der Waals surface area contributed by atoms with Crippen LogP contribution in [0.15, 0.2) is 29.6 Å². The summed E-state index contributed by atoms with van der Waals surface area (Å²) >= 11 is 9.61. The zero-order valence-corrected chi connectivity index (χ0v) is 14.9. The molecule has 0 aliphatic carbocycles. The van der Waals surface area contributed by atoms with Gasteiger partial charge in [0.1, 0.15) is 11.6 Å². The van der Waals surface area contributed by atoms with Crippen LogP contribution in [0.2, 0.25) is 0 Å². The molecule has 0 unspecified atom stereocenters. The van der Waals surface area contributed by atoms with Gasteiger partial charge < -0.3 is 4.57 Å². The van der Waals surface area contributed by atoms with Crippen LogP contribution in [-0.2, 0) is 19.4 Å². The van der Waals surface area contributed by atoms with Gasteiger partial charge in [-0.25, -0.2) is 9.37 Å². The van der Waals surface area contributed by atoms with Crippen molar-refractivity contribution in [3.63, 3.8) is 0 Å². The lowest BCUT2D eigenvalue weighted by Crippen LogP contribution is -2.06. The van der Waals surface area contributed by atoms with Crippen LogP contribution in [0.4, 0.5) is 4.39 Å². The number of hydrogen-bond donors (Lipinski definition) is 0. The summed E-state index contributed by atoms with van der Waals surface area (Å²) in [5.74, 6) is 1.25. The van der Waals surface area contributed by atoms with Crippen LogP contribution in [0.3, 0.4) is 0 Å². The van der Waals surface area contributed by atoms with Gasteiger partial charge >= 0.3 is 0 Å². The molecule has 3 aromatic rings. The Morgan fingerprint density at radius 3 is 2.90 bits per heavy atom. The molecule has 0 N–H and O–H groups in total. The molecule has 2 nitrogen and oxygen atoms in total. The number of hydrogen-bond acceptors (Lipinski definition) is 2. The minimum Gasteiger partial charge on any atom is -0.328 e. The number of aryl methyl sites for hydroxylation is 3. The van der Waals surface area contributed by atoms with E-state index in [0.29, 0.717) is 15.9 Å². The van der Waals surface area contributed by atoms with E-state index in [-0.39, 0.29) is 5.82 Å². The molecule has 1 aromatic carbocycles. The summed E-state index contributed by atoms with van der Waals surface area (Å²) in [5.41, 5.74) is 1.69. The highest BCUT2D eigenvalue weighted by molar-refractivity contribution is 14.1. The lowest BCUT2D eigenvalue weighted by Gasteiger charge is -2.08. The first-order chi connectivity index (χ1) is 10.2. The van der Waals surface area contributed by atoms with E-state index in [9.17, 15) is 4.39 Å². The molecule has 0 fully saturated rings. The van der Waals surface area contributed by atoms with Crippen molar-refractivity contribution in [1.82, 2.24) is 9.55 Å². The fourth-order valence-electron chi connectivity index (χ4n) is 2.37. The maximum absolute atomic E-state index is 13.9. The average Bonchev–Trinajstić information content (AvgIpc) is 3.06. The topological polar surface area (TPSA) is 17.8 Å². The fraction of sp³-hybridized carbons (Fsp3) is 0.267. The number of halogens is 3. The highest BCUT2D eigenvalue weighted by atomic mass is 127. The smallest absolute Gasteiger partial charge is 0.138 e. The molecule has 6 heteroatoms. The predicted molar refractivity (Wildman–Crippen MR) is 94.9 cm³/mol. The van der Waals surface area contributed by atoms with E-state index < -0.39 is 0 Å². The third-order valence-electron chi connectivity index (χ3n) is 3.35. The average molecular weight is 435 g/mol. The first-order valence-electron chi connectivity index (χ1n) is 6.61. The molecule has 3 rings (SSSR count). The van der Waals surface area contributed by atoms with Gasteiger partial charge in [-0.15, -0.1) is 22.9 Å². The van der Waals surface area contributed by atoms with E-state index in [4.69, 9.17) is 11.6 Å². The summed E-state index contributed by atoms with van der Waals surface area (Å²) in [4.78, 5) is 5.93. The molecule has 21 heavy (non-hydrogen) atoms. The van der Waals surface area contributed by atoms with Crippen molar-refractivity contribution in [3.05, 3.63) is 49.7 Å². The number of benzene rings is 1. The molecule has 0 amide bonds. The molecule has 0 bridgehead atoms. The van der Waals surface area contributed by atoms with Crippen LogP contribution in [0.1, 0.15) is 10.7 Å². The molecule has 0 aliphatic heterocycles. The Balaban J connectivity index is 2.00. The van der Waals surface area contributed by atoms with E-state index >= 15 is 0 Å². The summed E-state index contributed by atoms with van der Waals surface area (Å²) in [6, 6.07) is 7.54. The molecule has 110 valence electrons. The lowest BCUT2D eigenvalue weighted by atomic mass is 10.3. The molecular weight excluding hydrogens is 422 g/mol. The third kappa shape index (κ3) is 3.24. The van der Waals surface area contributed by atoms with Crippen molar-refractivity contribution < 1.29 is 4.39 Å². The standard InChI is InChI=1S/C15H13ClFIN2S/c16-5-3-15-19-13-9-12(18)11(17)8-14(13)20(15)6-4-10-2-1-7-21-10/h1-2,7-9H,3-6H2. The summed E-state index contributed by atoms with van der Waals surface area (Å²) < 4.78 is 16.6. The zero-order chi connectivity index (χ0) is 14.8. The number of fused-ring (bicyclic) bond motifs is 1. The van der Waals surface area contributed by atoms with Gasteiger partial charge in [0.05, 0.1) is 14.6 Å². The minimum atomic E-state index is -0.196. The Labute approximate surface area is 145 Å². The molecule has 0 spiro atoms. The second kappa shape index (κ2) is 6.62. The molecule has 2 aromatic heterocycles. The van der Waals surface area contributed by atoms with E-state index in [1.165, 1.54) is 4.88 Å². The van der Waals surface area contributed by atoms with Gasteiger partial charge in [-0.2, -0.15) is 0 Å². The lowest BCUT2D eigenvalue weighted by molar-refractivity contribution is 0.619. The van der Waals surface area contributed by atoms with Crippen LogP contribution in [-0.4, -0.2) is 15.4 Å². The van der Waals surface area contributed by atoms with Crippen molar-refractivity contribution in [2.45, 2.75) is 19.4 Å². The predicted octanol–water partition coefficient (Wildman–Crippen LogP) is 4.87. The molecule has 0 radical (unpaired) electrons. The Kier molecular flexibility index (Phi) is 4.81. The number of rotatable bonds is 5. The SMILES string of the molecule is Fc1cc2c(cc1I)nc(CCCl)n2CCc1cccs1. The second-order valence-electron chi connectivity index (χ2n) is 4.70. The van der Waals surface area contributed by atoms with Crippen LogP contribution in [0.5, 0.6) is 0 Å². The van der Waals surface area contributed by atoms with Gasteiger partial charge in [0.25, 0.3) is 0 Å². The largest absolute Gasteiger partial charge is 0.328 e. The van der Waals surface area contributed by atoms with Crippen LogP contribution >= 0.6 is 45.5 Å². The van der Waals surface area contributed by atoms with Crippen molar-refractivity contribution >= 4 is 56.6 Å². The van der Waals surface area contributed by atoms with Crippen molar-refractivity contribution in [3.8, 4) is 0 Å². The summed E-state index contributed by atoms with van der Waals surface area (Å²) in [6.07, 6.45) is 1.62. The van der Waals surface area contributed by atoms with Crippen molar-refractivity contribution in [2.75, 3.05) is 5.88 Å². The fourth-order valence-corrected chi connectivity index (χ4v) is 3.69. The summed E-state index contributed by atoms with van der Waals surface area (Å²) in [7, 11) is 0. The van der Waals surface area contributed by atoms with Crippen LogP contribution < -0.4 is 0 Å².